The van der Waals surface area contributed by atoms with Crippen LogP contribution in [-0.2, 0) is 9.53 Å². The number of amides is 1. The number of hydrogen-bond donors (Lipinski definition) is 3. The van der Waals surface area contributed by atoms with Gasteiger partial charge in [-0.05, 0) is 38.1 Å². The van der Waals surface area contributed by atoms with E-state index in [4.69, 9.17) is 20.9 Å². The molecule has 0 aliphatic carbocycles. The number of nitrogens with zero attached hydrogens (tertiary/aromatic N) is 3. The van der Waals surface area contributed by atoms with Crippen molar-refractivity contribution in [2.24, 2.45) is 16.0 Å². The van der Waals surface area contributed by atoms with Crippen molar-refractivity contribution in [3.63, 3.8) is 0 Å². The molecule has 10 nitrogen and oxygen atoms in total. The lowest BCUT2D eigenvalue weighted by atomic mass is 10.3. The van der Waals surface area contributed by atoms with Crippen molar-refractivity contribution in [3.8, 4) is 5.75 Å². The van der Waals surface area contributed by atoms with Crippen molar-refractivity contribution in [1.82, 2.24) is 4.98 Å². The molecule has 142 valence electrons. The van der Waals surface area contributed by atoms with Crippen LogP contribution in [0, 0.1) is 0 Å². The molecule has 0 aliphatic rings. The van der Waals surface area contributed by atoms with Crippen LogP contribution < -0.4 is 21.5 Å². The molecule has 0 unspecified atom stereocenters. The average Bonchev–Trinajstić information content (AvgIpc) is 2.62. The van der Waals surface area contributed by atoms with Crippen LogP contribution >= 0.6 is 0 Å². The molecule has 2 rings (SSSR count). The second kappa shape index (κ2) is 9.25. The summed E-state index contributed by atoms with van der Waals surface area (Å²) < 4.78 is 9.81. The number of para-hydroxylation sites is 1. The maximum Gasteiger partial charge on any atom is 0.513 e. The van der Waals surface area contributed by atoms with Gasteiger partial charge in [0.15, 0.2) is 11.6 Å². The average molecular weight is 372 g/mol. The predicted molar refractivity (Wildman–Crippen MR) is 99.2 cm³/mol. The zero-order chi connectivity index (χ0) is 19.8. The lowest BCUT2D eigenvalue weighted by Gasteiger charge is -2.08. The number of benzene rings is 1. The molecule has 1 heterocycles. The van der Waals surface area contributed by atoms with Crippen molar-refractivity contribution in [2.75, 3.05) is 17.7 Å². The molecule has 0 aliphatic heterocycles. The quantitative estimate of drug-likeness (QED) is 0.400. The normalized spacial score (nSPS) is 11.8. The fourth-order valence-electron chi connectivity index (χ4n) is 1.83. The first-order valence-electron chi connectivity index (χ1n) is 8.09. The highest BCUT2D eigenvalue weighted by atomic mass is 16.7. The fourth-order valence-corrected chi connectivity index (χ4v) is 1.83. The molecular formula is C17H20N6O4. The summed E-state index contributed by atoms with van der Waals surface area (Å²) in [5.74, 6) is 0.109. The van der Waals surface area contributed by atoms with Gasteiger partial charge in [-0.25, -0.2) is 9.78 Å². The molecule has 1 atom stereocenters. The van der Waals surface area contributed by atoms with Crippen LogP contribution in [0.3, 0.4) is 0 Å². The highest BCUT2D eigenvalue weighted by Crippen LogP contribution is 2.30. The van der Waals surface area contributed by atoms with Gasteiger partial charge in [0.05, 0.1) is 12.6 Å². The summed E-state index contributed by atoms with van der Waals surface area (Å²) in [6, 6.07) is 8.94. The highest BCUT2D eigenvalue weighted by molar-refractivity contribution is 5.93. The van der Waals surface area contributed by atoms with Gasteiger partial charge in [-0.1, -0.05) is 12.1 Å². The third kappa shape index (κ3) is 5.75. The highest BCUT2D eigenvalue weighted by Gasteiger charge is 2.11. The van der Waals surface area contributed by atoms with Crippen LogP contribution in [0.2, 0.25) is 0 Å². The molecule has 10 heteroatoms. The summed E-state index contributed by atoms with van der Waals surface area (Å²) in [5, 5.41) is 10.6. The summed E-state index contributed by atoms with van der Waals surface area (Å²) in [7, 11) is 0. The number of pyridine rings is 1. The smallest absolute Gasteiger partial charge is 0.434 e. The van der Waals surface area contributed by atoms with E-state index in [9.17, 15) is 9.59 Å². The van der Waals surface area contributed by atoms with Crippen molar-refractivity contribution in [1.29, 1.82) is 0 Å². The Labute approximate surface area is 155 Å². The Balaban J connectivity index is 2.16. The third-order valence-corrected chi connectivity index (χ3v) is 3.15. The van der Waals surface area contributed by atoms with Gasteiger partial charge in [0.1, 0.15) is 17.2 Å². The maximum absolute atomic E-state index is 11.6. The van der Waals surface area contributed by atoms with Gasteiger partial charge < -0.3 is 26.3 Å². The summed E-state index contributed by atoms with van der Waals surface area (Å²) >= 11 is 0. The fraction of sp³-hybridized carbons (Fsp3) is 0.235. The molecule has 0 spiro atoms. The molecule has 1 aromatic carbocycles. The standard InChI is InChI=1S/C17H20N6O4/c1-3-26-17(25)27-13-7-5-4-6-11(13)22-23-12-8-9-14(20-15(12)19)21-16(24)10(2)18/h4-10H,3,18H2,1-2H3,(H3,19,20,21,24)/t10-/m0/s1. The Bertz CT molecular complexity index is 853. The van der Waals surface area contributed by atoms with Gasteiger partial charge >= 0.3 is 6.16 Å². The van der Waals surface area contributed by atoms with E-state index < -0.39 is 12.2 Å². The number of aromatic nitrogens is 1. The Morgan fingerprint density at radius 3 is 2.56 bits per heavy atom. The Kier molecular flexibility index (Phi) is 6.78. The number of rotatable bonds is 6. The maximum atomic E-state index is 11.6. The Hall–Kier alpha value is -3.53. The third-order valence-electron chi connectivity index (χ3n) is 3.15. The molecule has 1 amide bonds. The number of nitrogen functional groups attached to an aromatic ring is 1. The number of ether oxygens (including phenoxy) is 2. The molecular weight excluding hydrogens is 352 g/mol. The SMILES string of the molecule is CCOC(=O)Oc1ccccc1N=Nc1ccc(NC(=O)[C@H](C)N)nc1N. The summed E-state index contributed by atoms with van der Waals surface area (Å²) in [6.45, 7) is 3.41. The molecule has 0 fully saturated rings. The Morgan fingerprint density at radius 2 is 1.89 bits per heavy atom. The van der Waals surface area contributed by atoms with Crippen molar-refractivity contribution in [3.05, 3.63) is 36.4 Å². The van der Waals surface area contributed by atoms with Gasteiger partial charge in [0.25, 0.3) is 0 Å². The zero-order valence-electron chi connectivity index (χ0n) is 14.9. The van der Waals surface area contributed by atoms with Crippen LogP contribution in [0.5, 0.6) is 5.75 Å². The number of azo groups is 1. The number of carbonyl (C=O) groups is 2. The number of nitrogens with two attached hydrogens (primary N) is 2. The van der Waals surface area contributed by atoms with E-state index in [1.807, 2.05) is 0 Å². The number of anilines is 2. The first kappa shape index (κ1) is 19.8. The van der Waals surface area contributed by atoms with Crippen LogP contribution in [-0.4, -0.2) is 29.7 Å². The van der Waals surface area contributed by atoms with E-state index in [0.717, 1.165) is 0 Å². The molecule has 27 heavy (non-hydrogen) atoms. The topological polar surface area (TPSA) is 154 Å². The van der Waals surface area contributed by atoms with E-state index in [0.29, 0.717) is 5.69 Å². The van der Waals surface area contributed by atoms with E-state index in [-0.39, 0.29) is 35.6 Å². The first-order valence-corrected chi connectivity index (χ1v) is 8.09. The van der Waals surface area contributed by atoms with Crippen molar-refractivity contribution >= 4 is 35.1 Å². The number of carbonyl (C=O) groups excluding carboxylic acids is 2. The molecule has 5 N–H and O–H groups in total. The molecule has 0 saturated heterocycles. The van der Waals surface area contributed by atoms with Gasteiger partial charge in [0, 0.05) is 0 Å². The van der Waals surface area contributed by atoms with Crippen LogP contribution in [0.15, 0.2) is 46.6 Å². The molecule has 2 aromatic rings. The van der Waals surface area contributed by atoms with Gasteiger partial charge in [-0.15, -0.1) is 10.2 Å². The number of nitrogens with one attached hydrogen (secondary N) is 1. The summed E-state index contributed by atoms with van der Waals surface area (Å²) in [4.78, 5) is 27.1. The van der Waals surface area contributed by atoms with Gasteiger partial charge in [-0.2, -0.15) is 0 Å². The van der Waals surface area contributed by atoms with E-state index in [1.54, 1.807) is 38.1 Å². The molecule has 0 radical (unpaired) electrons. The van der Waals surface area contributed by atoms with Crippen molar-refractivity contribution in [2.45, 2.75) is 19.9 Å². The first-order chi connectivity index (χ1) is 12.9. The zero-order valence-corrected chi connectivity index (χ0v) is 14.9. The minimum absolute atomic E-state index is 0.0602. The van der Waals surface area contributed by atoms with E-state index >= 15 is 0 Å². The molecule has 0 bridgehead atoms. The van der Waals surface area contributed by atoms with E-state index in [1.165, 1.54) is 12.1 Å². The van der Waals surface area contributed by atoms with Crippen LogP contribution in [0.4, 0.5) is 27.8 Å². The second-order valence-electron chi connectivity index (χ2n) is 5.33. The van der Waals surface area contributed by atoms with Gasteiger partial charge in [-0.3, -0.25) is 4.79 Å². The monoisotopic (exact) mass is 372 g/mol. The van der Waals surface area contributed by atoms with Crippen molar-refractivity contribution < 1.29 is 19.1 Å². The second-order valence-corrected chi connectivity index (χ2v) is 5.33. The van der Waals surface area contributed by atoms with Gasteiger partial charge in [0.2, 0.25) is 5.91 Å². The van der Waals surface area contributed by atoms with Crippen LogP contribution in [0.25, 0.3) is 0 Å². The largest absolute Gasteiger partial charge is 0.513 e. The minimum Gasteiger partial charge on any atom is -0.434 e. The minimum atomic E-state index is -0.837. The molecule has 0 saturated carbocycles. The Morgan fingerprint density at radius 1 is 1.19 bits per heavy atom. The lowest BCUT2D eigenvalue weighted by molar-refractivity contribution is -0.117. The van der Waals surface area contributed by atoms with E-state index in [2.05, 4.69) is 20.5 Å². The lowest BCUT2D eigenvalue weighted by Crippen LogP contribution is -2.32. The predicted octanol–water partition coefficient (Wildman–Crippen LogP) is 2.90. The van der Waals surface area contributed by atoms with Crippen LogP contribution in [0.1, 0.15) is 13.8 Å². The molecule has 1 aromatic heterocycles. The summed E-state index contributed by atoms with van der Waals surface area (Å²) in [5.41, 5.74) is 11.9. The summed E-state index contributed by atoms with van der Waals surface area (Å²) in [6.07, 6.45) is -0.837. The number of hydrogen-bond acceptors (Lipinski definition) is 9.